The van der Waals surface area contributed by atoms with Gasteiger partial charge in [0.2, 0.25) is 0 Å². The minimum absolute atomic E-state index is 0.317. The normalized spacial score (nSPS) is 15.8. The Kier molecular flexibility index (Phi) is 5.99. The summed E-state index contributed by atoms with van der Waals surface area (Å²) >= 11 is 0. The van der Waals surface area contributed by atoms with Crippen LogP contribution in [0.3, 0.4) is 0 Å². The lowest BCUT2D eigenvalue weighted by molar-refractivity contribution is -0.139. The zero-order valence-electron chi connectivity index (χ0n) is 11.8. The molecule has 0 bridgehead atoms. The minimum Gasteiger partial charge on any atom is -0.480 e. The molecule has 0 heterocycles. The SMILES string of the molecule is CCCc1ccc(C(O)C(C)NC(C)C(=O)O)cc1. The van der Waals surface area contributed by atoms with Gasteiger partial charge in [0.15, 0.2) is 0 Å². The quantitative estimate of drug-likeness (QED) is 0.706. The number of hydrogen-bond donors (Lipinski definition) is 3. The summed E-state index contributed by atoms with van der Waals surface area (Å²) in [7, 11) is 0. The third-order valence-electron chi connectivity index (χ3n) is 3.22. The van der Waals surface area contributed by atoms with Gasteiger partial charge < -0.3 is 10.2 Å². The summed E-state index contributed by atoms with van der Waals surface area (Å²) in [6.45, 7) is 5.47. The molecule has 1 rings (SSSR count). The second-order valence-corrected chi connectivity index (χ2v) is 4.95. The van der Waals surface area contributed by atoms with Crippen LogP contribution in [0.4, 0.5) is 0 Å². The molecule has 19 heavy (non-hydrogen) atoms. The number of carboxylic acid groups (broad SMARTS) is 1. The lowest BCUT2D eigenvalue weighted by atomic mass is 10.00. The zero-order chi connectivity index (χ0) is 14.4. The van der Waals surface area contributed by atoms with Crippen LogP contribution in [-0.2, 0) is 11.2 Å². The highest BCUT2D eigenvalue weighted by Gasteiger charge is 2.20. The van der Waals surface area contributed by atoms with Gasteiger partial charge >= 0.3 is 5.97 Å². The number of aryl methyl sites for hydroxylation is 1. The monoisotopic (exact) mass is 265 g/mol. The molecule has 0 aliphatic heterocycles. The van der Waals surface area contributed by atoms with Crippen LogP contribution in [0.25, 0.3) is 0 Å². The number of aliphatic carboxylic acids is 1. The molecule has 3 N–H and O–H groups in total. The molecule has 0 saturated heterocycles. The van der Waals surface area contributed by atoms with Crippen LogP contribution in [0.1, 0.15) is 44.4 Å². The Morgan fingerprint density at radius 1 is 1.26 bits per heavy atom. The third-order valence-corrected chi connectivity index (χ3v) is 3.22. The van der Waals surface area contributed by atoms with Crippen LogP contribution < -0.4 is 5.32 Å². The lowest BCUT2D eigenvalue weighted by Crippen LogP contribution is -2.42. The van der Waals surface area contributed by atoms with Crippen LogP contribution >= 0.6 is 0 Å². The van der Waals surface area contributed by atoms with Gasteiger partial charge in [-0.15, -0.1) is 0 Å². The van der Waals surface area contributed by atoms with Crippen LogP contribution in [0, 0.1) is 0 Å². The minimum atomic E-state index is -0.919. The summed E-state index contributed by atoms with van der Waals surface area (Å²) < 4.78 is 0. The number of carboxylic acids is 1. The summed E-state index contributed by atoms with van der Waals surface area (Å²) in [4.78, 5) is 10.8. The summed E-state index contributed by atoms with van der Waals surface area (Å²) in [5.41, 5.74) is 2.05. The fourth-order valence-corrected chi connectivity index (χ4v) is 2.02. The van der Waals surface area contributed by atoms with Crippen molar-refractivity contribution in [1.29, 1.82) is 0 Å². The summed E-state index contributed by atoms with van der Waals surface area (Å²) in [5, 5.41) is 21.9. The van der Waals surface area contributed by atoms with Gasteiger partial charge in [-0.2, -0.15) is 0 Å². The fourth-order valence-electron chi connectivity index (χ4n) is 2.02. The van der Waals surface area contributed by atoms with Crippen LogP contribution in [0.15, 0.2) is 24.3 Å². The fraction of sp³-hybridized carbons (Fsp3) is 0.533. The highest BCUT2D eigenvalue weighted by atomic mass is 16.4. The maximum absolute atomic E-state index is 10.8. The van der Waals surface area contributed by atoms with E-state index in [0.29, 0.717) is 0 Å². The number of hydrogen-bond acceptors (Lipinski definition) is 3. The maximum Gasteiger partial charge on any atom is 0.320 e. The maximum atomic E-state index is 10.8. The van der Waals surface area contributed by atoms with E-state index in [1.165, 1.54) is 5.56 Å². The Morgan fingerprint density at radius 2 is 1.84 bits per heavy atom. The first kappa shape index (κ1) is 15.7. The molecular formula is C15H23NO3. The van der Waals surface area contributed by atoms with Crippen molar-refractivity contribution in [3.63, 3.8) is 0 Å². The Bertz CT molecular complexity index is 402. The van der Waals surface area contributed by atoms with Crippen molar-refractivity contribution in [3.8, 4) is 0 Å². The standard InChI is InChI=1S/C15H23NO3/c1-4-5-12-6-8-13(9-7-12)14(17)10(2)16-11(3)15(18)19/h6-11,14,16-17H,4-5H2,1-3H3,(H,18,19). The topological polar surface area (TPSA) is 69.6 Å². The lowest BCUT2D eigenvalue weighted by Gasteiger charge is -2.23. The van der Waals surface area contributed by atoms with Crippen molar-refractivity contribution in [2.75, 3.05) is 0 Å². The van der Waals surface area contributed by atoms with E-state index in [1.54, 1.807) is 13.8 Å². The Morgan fingerprint density at radius 3 is 2.32 bits per heavy atom. The van der Waals surface area contributed by atoms with Crippen LogP contribution in [0.5, 0.6) is 0 Å². The second kappa shape index (κ2) is 7.26. The van der Waals surface area contributed by atoms with Gasteiger partial charge in [0.25, 0.3) is 0 Å². The average molecular weight is 265 g/mol. The summed E-state index contributed by atoms with van der Waals surface area (Å²) in [6.07, 6.45) is 1.41. The molecule has 3 atom stereocenters. The number of carbonyl (C=O) groups is 1. The Labute approximate surface area is 114 Å². The van der Waals surface area contributed by atoms with Crippen LogP contribution in [0.2, 0.25) is 0 Å². The smallest absolute Gasteiger partial charge is 0.320 e. The molecule has 1 aromatic rings. The Balaban J connectivity index is 2.65. The highest BCUT2D eigenvalue weighted by Crippen LogP contribution is 2.18. The van der Waals surface area contributed by atoms with E-state index in [-0.39, 0.29) is 6.04 Å². The molecule has 4 heteroatoms. The number of aliphatic hydroxyl groups is 1. The van der Waals surface area contributed by atoms with E-state index >= 15 is 0 Å². The molecule has 0 radical (unpaired) electrons. The molecule has 4 nitrogen and oxygen atoms in total. The van der Waals surface area contributed by atoms with Crippen LogP contribution in [-0.4, -0.2) is 28.3 Å². The van der Waals surface area contributed by atoms with Gasteiger partial charge in [-0.1, -0.05) is 37.6 Å². The van der Waals surface area contributed by atoms with E-state index in [0.717, 1.165) is 18.4 Å². The molecule has 0 aliphatic rings. The molecule has 0 spiro atoms. The van der Waals surface area contributed by atoms with E-state index in [1.807, 2.05) is 24.3 Å². The van der Waals surface area contributed by atoms with E-state index in [9.17, 15) is 9.90 Å². The van der Waals surface area contributed by atoms with E-state index in [2.05, 4.69) is 12.2 Å². The van der Waals surface area contributed by atoms with Crippen molar-refractivity contribution < 1.29 is 15.0 Å². The van der Waals surface area contributed by atoms with Gasteiger partial charge in [0.1, 0.15) is 6.04 Å². The molecule has 0 aromatic heterocycles. The molecule has 0 aliphatic carbocycles. The Hall–Kier alpha value is -1.39. The van der Waals surface area contributed by atoms with Gasteiger partial charge in [-0.3, -0.25) is 10.1 Å². The highest BCUT2D eigenvalue weighted by molar-refractivity contribution is 5.72. The number of rotatable bonds is 7. The molecular weight excluding hydrogens is 242 g/mol. The number of nitrogens with one attached hydrogen (secondary N) is 1. The molecule has 0 fully saturated rings. The molecule has 3 unspecified atom stereocenters. The average Bonchev–Trinajstić information content (AvgIpc) is 2.39. The number of benzene rings is 1. The van der Waals surface area contributed by atoms with Gasteiger partial charge in [-0.25, -0.2) is 0 Å². The first-order valence-corrected chi connectivity index (χ1v) is 6.71. The second-order valence-electron chi connectivity index (χ2n) is 4.95. The first-order chi connectivity index (χ1) is 8.95. The van der Waals surface area contributed by atoms with E-state index < -0.39 is 18.1 Å². The van der Waals surface area contributed by atoms with Crippen molar-refractivity contribution in [2.24, 2.45) is 0 Å². The van der Waals surface area contributed by atoms with Gasteiger partial charge in [-0.05, 0) is 31.4 Å². The largest absolute Gasteiger partial charge is 0.480 e. The third kappa shape index (κ3) is 4.65. The molecule has 106 valence electrons. The molecule has 0 amide bonds. The molecule has 1 aromatic carbocycles. The summed E-state index contributed by atoms with van der Waals surface area (Å²) in [6, 6.07) is 6.83. The van der Waals surface area contributed by atoms with E-state index in [4.69, 9.17) is 5.11 Å². The predicted molar refractivity (Wildman–Crippen MR) is 75.1 cm³/mol. The van der Waals surface area contributed by atoms with Crippen molar-refractivity contribution in [1.82, 2.24) is 5.32 Å². The first-order valence-electron chi connectivity index (χ1n) is 6.71. The zero-order valence-corrected chi connectivity index (χ0v) is 11.8. The van der Waals surface area contributed by atoms with Crippen molar-refractivity contribution in [2.45, 2.75) is 51.8 Å². The summed E-state index contributed by atoms with van der Waals surface area (Å²) in [5.74, 6) is -0.919. The van der Waals surface area contributed by atoms with Gasteiger partial charge in [0.05, 0.1) is 6.10 Å². The molecule has 0 saturated carbocycles. The van der Waals surface area contributed by atoms with Crippen molar-refractivity contribution >= 4 is 5.97 Å². The van der Waals surface area contributed by atoms with Crippen molar-refractivity contribution in [3.05, 3.63) is 35.4 Å². The predicted octanol–water partition coefficient (Wildman–Crippen LogP) is 2.12. The number of aliphatic hydroxyl groups excluding tert-OH is 1. The van der Waals surface area contributed by atoms with Gasteiger partial charge in [0, 0.05) is 6.04 Å².